The van der Waals surface area contributed by atoms with Crippen LogP contribution in [0.1, 0.15) is 53.5 Å². The molecule has 1 saturated carbocycles. The Balaban J connectivity index is 1.98. The van der Waals surface area contributed by atoms with Crippen LogP contribution in [-0.2, 0) is 13.2 Å². The molecule has 0 aliphatic heterocycles. The average molecular weight is 452 g/mol. The molecular formula is C19H19ClF5N3O2. The highest BCUT2D eigenvalue weighted by Gasteiger charge is 2.44. The van der Waals surface area contributed by atoms with Gasteiger partial charge < -0.3 is 10.4 Å². The number of aryl methyl sites for hydroxylation is 1. The monoisotopic (exact) mass is 451 g/mol. The highest BCUT2D eigenvalue weighted by Crippen LogP contribution is 2.42. The van der Waals surface area contributed by atoms with Crippen LogP contribution in [-0.4, -0.2) is 32.6 Å². The van der Waals surface area contributed by atoms with Gasteiger partial charge in [0.05, 0.1) is 16.7 Å². The standard InChI is InChI=1S/C19H19ClF5N3O2/c1-28-13(9-14(27-28)19(23,24)25)17(29)26-16(11-3-2-4-12(22)15(11)20)18(30)7-5-10(21)6-8-18/h2-4,9-10,16,30H,5-8H2,1H3,(H,26,29)/t10-,16?,18+. The summed E-state index contributed by atoms with van der Waals surface area (Å²) in [7, 11) is 1.16. The van der Waals surface area contributed by atoms with Crippen LogP contribution in [0.25, 0.3) is 0 Å². The molecule has 1 atom stereocenters. The van der Waals surface area contributed by atoms with Gasteiger partial charge >= 0.3 is 6.18 Å². The third-order valence-electron chi connectivity index (χ3n) is 5.29. The largest absolute Gasteiger partial charge is 0.435 e. The molecule has 0 radical (unpaired) electrons. The van der Waals surface area contributed by atoms with Gasteiger partial charge in [0.15, 0.2) is 5.69 Å². The number of hydrogen-bond acceptors (Lipinski definition) is 3. The van der Waals surface area contributed by atoms with E-state index in [1.807, 2.05) is 0 Å². The van der Waals surface area contributed by atoms with Crippen LogP contribution >= 0.6 is 11.6 Å². The number of halogens is 6. The molecule has 1 fully saturated rings. The summed E-state index contributed by atoms with van der Waals surface area (Å²) in [6.07, 6.45) is -5.95. The van der Waals surface area contributed by atoms with Crippen molar-refractivity contribution in [3.63, 3.8) is 0 Å². The van der Waals surface area contributed by atoms with E-state index in [9.17, 15) is 31.9 Å². The number of carbonyl (C=O) groups is 1. The molecule has 1 aliphatic carbocycles. The van der Waals surface area contributed by atoms with Crippen molar-refractivity contribution in [3.05, 3.63) is 52.1 Å². The van der Waals surface area contributed by atoms with Crippen LogP contribution in [0, 0.1) is 5.82 Å². The first-order valence-corrected chi connectivity index (χ1v) is 9.52. The van der Waals surface area contributed by atoms with E-state index in [4.69, 9.17) is 11.6 Å². The van der Waals surface area contributed by atoms with Gasteiger partial charge in [0.2, 0.25) is 0 Å². The number of nitrogens with one attached hydrogen (secondary N) is 1. The van der Waals surface area contributed by atoms with Crippen LogP contribution in [0.15, 0.2) is 24.3 Å². The highest BCUT2D eigenvalue weighted by molar-refractivity contribution is 6.31. The Bertz CT molecular complexity index is 939. The van der Waals surface area contributed by atoms with Crippen LogP contribution in [0.4, 0.5) is 22.0 Å². The van der Waals surface area contributed by atoms with Crippen molar-refractivity contribution in [2.45, 2.75) is 49.7 Å². The summed E-state index contributed by atoms with van der Waals surface area (Å²) in [5.74, 6) is -1.77. The molecule has 1 aromatic heterocycles. The summed E-state index contributed by atoms with van der Waals surface area (Å²) in [5.41, 5.74) is -3.29. The topological polar surface area (TPSA) is 67.2 Å². The third kappa shape index (κ3) is 4.44. The number of carbonyl (C=O) groups excluding carboxylic acids is 1. The Hall–Kier alpha value is -2.20. The molecule has 3 rings (SSSR count). The highest BCUT2D eigenvalue weighted by atomic mass is 35.5. The van der Waals surface area contributed by atoms with Gasteiger partial charge in [-0.05, 0) is 37.3 Å². The third-order valence-corrected chi connectivity index (χ3v) is 5.69. The second-order valence-corrected chi connectivity index (χ2v) is 7.74. The van der Waals surface area contributed by atoms with Crippen molar-refractivity contribution in [1.82, 2.24) is 15.1 Å². The van der Waals surface area contributed by atoms with E-state index in [0.29, 0.717) is 6.07 Å². The molecule has 164 valence electrons. The van der Waals surface area contributed by atoms with Gasteiger partial charge in [-0.15, -0.1) is 0 Å². The zero-order valence-corrected chi connectivity index (χ0v) is 16.6. The van der Waals surface area contributed by atoms with E-state index in [-0.39, 0.29) is 36.3 Å². The van der Waals surface area contributed by atoms with Gasteiger partial charge in [-0.2, -0.15) is 18.3 Å². The first kappa shape index (κ1) is 22.5. The molecule has 1 aliphatic rings. The van der Waals surface area contributed by atoms with Crippen molar-refractivity contribution in [2.75, 3.05) is 0 Å². The van der Waals surface area contributed by atoms with Gasteiger partial charge in [0.25, 0.3) is 5.91 Å². The zero-order chi connectivity index (χ0) is 22.3. The van der Waals surface area contributed by atoms with Crippen molar-refractivity contribution in [1.29, 1.82) is 0 Å². The Labute approximate surface area is 173 Å². The molecule has 30 heavy (non-hydrogen) atoms. The molecule has 0 spiro atoms. The lowest BCUT2D eigenvalue weighted by Gasteiger charge is -2.41. The Morgan fingerprint density at radius 2 is 2.00 bits per heavy atom. The van der Waals surface area contributed by atoms with Gasteiger partial charge in [0.1, 0.15) is 17.7 Å². The Morgan fingerprint density at radius 1 is 1.37 bits per heavy atom. The van der Waals surface area contributed by atoms with Crippen LogP contribution in [0.3, 0.4) is 0 Å². The summed E-state index contributed by atoms with van der Waals surface area (Å²) in [6.45, 7) is 0. The predicted molar refractivity (Wildman–Crippen MR) is 98.1 cm³/mol. The maximum absolute atomic E-state index is 14.0. The van der Waals surface area contributed by atoms with E-state index in [1.54, 1.807) is 0 Å². The van der Waals surface area contributed by atoms with E-state index < -0.39 is 47.1 Å². The minimum absolute atomic E-state index is 0.0136. The maximum Gasteiger partial charge on any atom is 0.435 e. The smallest absolute Gasteiger partial charge is 0.387 e. The van der Waals surface area contributed by atoms with Crippen molar-refractivity contribution in [3.8, 4) is 0 Å². The number of amides is 1. The fourth-order valence-electron chi connectivity index (χ4n) is 3.64. The number of rotatable bonds is 4. The fourth-order valence-corrected chi connectivity index (χ4v) is 3.87. The molecule has 0 bridgehead atoms. The molecule has 1 amide bonds. The number of benzene rings is 1. The molecule has 2 aromatic rings. The number of alkyl halides is 4. The summed E-state index contributed by atoms with van der Waals surface area (Å²) >= 11 is 6.04. The quantitative estimate of drug-likeness (QED) is 0.679. The van der Waals surface area contributed by atoms with Crippen molar-refractivity contribution in [2.24, 2.45) is 7.05 Å². The maximum atomic E-state index is 14.0. The molecule has 1 unspecified atom stereocenters. The number of nitrogens with zero attached hydrogens (tertiary/aromatic N) is 2. The van der Waals surface area contributed by atoms with Crippen molar-refractivity contribution < 1.29 is 31.9 Å². The van der Waals surface area contributed by atoms with Gasteiger partial charge in [0, 0.05) is 13.1 Å². The Kier molecular flexibility index (Phi) is 6.10. The van der Waals surface area contributed by atoms with E-state index in [0.717, 1.165) is 17.8 Å². The van der Waals surface area contributed by atoms with Crippen LogP contribution < -0.4 is 5.32 Å². The van der Waals surface area contributed by atoms with Crippen LogP contribution in [0.5, 0.6) is 0 Å². The van der Waals surface area contributed by atoms with Crippen LogP contribution in [0.2, 0.25) is 5.02 Å². The minimum Gasteiger partial charge on any atom is -0.387 e. The molecule has 2 N–H and O–H groups in total. The molecule has 1 aromatic carbocycles. The lowest BCUT2D eigenvalue weighted by molar-refractivity contribution is -0.141. The number of hydrogen-bond donors (Lipinski definition) is 2. The lowest BCUT2D eigenvalue weighted by atomic mass is 9.76. The van der Waals surface area contributed by atoms with Gasteiger partial charge in [-0.3, -0.25) is 9.48 Å². The zero-order valence-electron chi connectivity index (χ0n) is 15.8. The summed E-state index contributed by atoms with van der Waals surface area (Å²) in [5, 5.41) is 16.5. The SMILES string of the molecule is Cn1nc(C(F)(F)F)cc1C(=O)NC(c1cccc(F)c1Cl)[C@]1(O)CC[C@@H](F)CC1. The summed E-state index contributed by atoms with van der Waals surface area (Å²) in [6, 6.07) is 3.10. The summed E-state index contributed by atoms with van der Waals surface area (Å²) < 4.78 is 67.2. The molecule has 0 saturated heterocycles. The van der Waals surface area contributed by atoms with E-state index >= 15 is 0 Å². The van der Waals surface area contributed by atoms with E-state index in [1.165, 1.54) is 12.1 Å². The molecule has 5 nitrogen and oxygen atoms in total. The van der Waals surface area contributed by atoms with Gasteiger partial charge in [-0.1, -0.05) is 23.7 Å². The molecule has 1 heterocycles. The minimum atomic E-state index is -4.75. The fraction of sp³-hybridized carbons (Fsp3) is 0.474. The second kappa shape index (κ2) is 8.14. The van der Waals surface area contributed by atoms with Crippen molar-refractivity contribution >= 4 is 17.5 Å². The first-order chi connectivity index (χ1) is 13.9. The predicted octanol–water partition coefficient (Wildman–Crippen LogP) is 4.35. The molecule has 11 heteroatoms. The lowest BCUT2D eigenvalue weighted by Crippen LogP contribution is -2.49. The Morgan fingerprint density at radius 3 is 2.57 bits per heavy atom. The number of aromatic nitrogens is 2. The first-order valence-electron chi connectivity index (χ1n) is 9.15. The molecular weight excluding hydrogens is 433 g/mol. The second-order valence-electron chi connectivity index (χ2n) is 7.36. The van der Waals surface area contributed by atoms with E-state index in [2.05, 4.69) is 10.4 Å². The normalized spacial score (nSPS) is 23.3. The average Bonchev–Trinajstić information content (AvgIpc) is 3.07. The number of aliphatic hydroxyl groups is 1. The van der Waals surface area contributed by atoms with Gasteiger partial charge in [-0.25, -0.2) is 8.78 Å². The summed E-state index contributed by atoms with van der Waals surface area (Å²) in [4.78, 5) is 12.8.